The molecule has 0 saturated heterocycles. The van der Waals surface area contributed by atoms with Crippen LogP contribution in [0.25, 0.3) is 11.0 Å². The molecule has 0 aliphatic heterocycles. The molecule has 1 heterocycles. The molecule has 0 atom stereocenters. The van der Waals surface area contributed by atoms with E-state index in [1.807, 2.05) is 0 Å². The quantitative estimate of drug-likeness (QED) is 0.530. The van der Waals surface area contributed by atoms with Crippen molar-refractivity contribution >= 4 is 46.0 Å². The highest BCUT2D eigenvalue weighted by Gasteiger charge is 2.11. The molecule has 0 amide bonds. The van der Waals surface area contributed by atoms with Gasteiger partial charge in [0, 0.05) is 15.5 Å². The predicted molar refractivity (Wildman–Crippen MR) is 75.1 cm³/mol. The van der Waals surface area contributed by atoms with E-state index >= 15 is 0 Å². The Morgan fingerprint density at radius 2 is 2.00 bits per heavy atom. The van der Waals surface area contributed by atoms with Gasteiger partial charge in [-0.05, 0) is 30.3 Å². The molecule has 19 heavy (non-hydrogen) atoms. The van der Waals surface area contributed by atoms with Gasteiger partial charge in [-0.1, -0.05) is 23.2 Å². The fourth-order valence-corrected chi connectivity index (χ4v) is 2.60. The van der Waals surface area contributed by atoms with Gasteiger partial charge in [0.25, 0.3) is 11.7 Å². The molecule has 0 spiro atoms. The monoisotopic (exact) mass is 312 g/mol. The molecule has 0 aliphatic rings. The standard InChI is InChI=1S/C12H6Cl2N2O2S/c13-7-1-4-12(9(14)5-7)18-8-2-3-11-10(6-8)15-19-16(11)17/h1-6H. The summed E-state index contributed by atoms with van der Waals surface area (Å²) in [5.74, 6) is 1.05. The lowest BCUT2D eigenvalue weighted by molar-refractivity contribution is -0.500. The van der Waals surface area contributed by atoms with Crippen molar-refractivity contribution in [1.82, 2.24) is 4.37 Å². The molecule has 0 bridgehead atoms. The van der Waals surface area contributed by atoms with E-state index in [9.17, 15) is 5.21 Å². The van der Waals surface area contributed by atoms with Gasteiger partial charge in [0.2, 0.25) is 5.52 Å². The first-order valence-electron chi connectivity index (χ1n) is 5.26. The van der Waals surface area contributed by atoms with E-state index in [-0.39, 0.29) is 0 Å². The van der Waals surface area contributed by atoms with Crippen LogP contribution in [0.2, 0.25) is 10.0 Å². The van der Waals surface area contributed by atoms with E-state index in [0.717, 1.165) is 15.8 Å². The number of halogens is 2. The average molecular weight is 313 g/mol. The minimum Gasteiger partial charge on any atom is -0.700 e. The van der Waals surface area contributed by atoms with Gasteiger partial charge in [0.15, 0.2) is 5.52 Å². The van der Waals surface area contributed by atoms with Crippen LogP contribution in [0, 0.1) is 5.21 Å². The first kappa shape index (κ1) is 12.5. The zero-order valence-electron chi connectivity index (χ0n) is 9.34. The predicted octanol–water partition coefficient (Wildman–Crippen LogP) is 4.03. The maximum Gasteiger partial charge on any atom is 0.281 e. The van der Waals surface area contributed by atoms with Crippen molar-refractivity contribution < 1.29 is 8.86 Å². The Morgan fingerprint density at radius 1 is 1.16 bits per heavy atom. The minimum atomic E-state index is 0.421. The number of aromatic nitrogens is 2. The van der Waals surface area contributed by atoms with Gasteiger partial charge in [0.05, 0.1) is 5.02 Å². The molecule has 0 saturated carbocycles. The summed E-state index contributed by atoms with van der Waals surface area (Å²) in [4.78, 5) is 0. The number of benzene rings is 2. The van der Waals surface area contributed by atoms with Crippen LogP contribution in [-0.2, 0) is 0 Å². The molecule has 0 N–H and O–H groups in total. The smallest absolute Gasteiger partial charge is 0.281 e. The van der Waals surface area contributed by atoms with E-state index in [2.05, 4.69) is 4.37 Å². The van der Waals surface area contributed by atoms with Gasteiger partial charge in [-0.2, -0.15) is 4.12 Å². The Hall–Kier alpha value is -1.56. The van der Waals surface area contributed by atoms with E-state index < -0.39 is 0 Å². The Balaban J connectivity index is 1.96. The third-order valence-electron chi connectivity index (χ3n) is 2.48. The van der Waals surface area contributed by atoms with E-state index in [4.69, 9.17) is 27.9 Å². The van der Waals surface area contributed by atoms with E-state index in [1.54, 1.807) is 36.4 Å². The molecule has 2 aromatic carbocycles. The number of hydrogen-bond acceptors (Lipinski definition) is 4. The molecule has 1 aromatic heterocycles. The molecule has 7 heteroatoms. The lowest BCUT2D eigenvalue weighted by Gasteiger charge is -2.07. The average Bonchev–Trinajstić information content (AvgIpc) is 2.74. The maximum atomic E-state index is 11.3. The molecule has 96 valence electrons. The molecular weight excluding hydrogens is 307 g/mol. The summed E-state index contributed by atoms with van der Waals surface area (Å²) in [6.45, 7) is 0. The topological polar surface area (TPSA) is 49.1 Å². The van der Waals surface area contributed by atoms with Gasteiger partial charge >= 0.3 is 0 Å². The fourth-order valence-electron chi connectivity index (χ4n) is 1.60. The van der Waals surface area contributed by atoms with Gasteiger partial charge < -0.3 is 9.94 Å². The summed E-state index contributed by atoms with van der Waals surface area (Å²) < 4.78 is 10.4. The number of fused-ring (bicyclic) bond motifs is 1. The normalized spacial score (nSPS) is 10.8. The largest absolute Gasteiger partial charge is 0.700 e. The first-order chi connectivity index (χ1) is 9.13. The van der Waals surface area contributed by atoms with E-state index in [1.165, 1.54) is 0 Å². The molecular formula is C12H6Cl2N2O2S. The highest BCUT2D eigenvalue weighted by atomic mass is 35.5. The lowest BCUT2D eigenvalue weighted by Crippen LogP contribution is -2.18. The van der Waals surface area contributed by atoms with Crippen LogP contribution in [0.1, 0.15) is 0 Å². The van der Waals surface area contributed by atoms with Crippen molar-refractivity contribution in [3.05, 3.63) is 51.7 Å². The molecule has 3 aromatic rings. The van der Waals surface area contributed by atoms with Crippen molar-refractivity contribution in [3.8, 4) is 11.5 Å². The fraction of sp³-hybridized carbons (Fsp3) is 0. The summed E-state index contributed by atoms with van der Waals surface area (Å²) in [5, 5.41) is 12.3. The number of hydrogen-bond donors (Lipinski definition) is 0. The van der Waals surface area contributed by atoms with Crippen LogP contribution in [0.3, 0.4) is 0 Å². The highest BCUT2D eigenvalue weighted by Crippen LogP contribution is 2.32. The summed E-state index contributed by atoms with van der Waals surface area (Å²) in [5.41, 5.74) is 1.10. The summed E-state index contributed by atoms with van der Waals surface area (Å²) in [7, 11) is 0. The summed E-state index contributed by atoms with van der Waals surface area (Å²) in [6.07, 6.45) is 0. The Bertz CT molecular complexity index is 761. The van der Waals surface area contributed by atoms with Crippen LogP contribution < -0.4 is 8.86 Å². The Kier molecular flexibility index (Phi) is 3.18. The second-order valence-electron chi connectivity index (χ2n) is 3.76. The van der Waals surface area contributed by atoms with Gasteiger partial charge in [-0.15, -0.1) is 0 Å². The number of rotatable bonds is 2. The van der Waals surface area contributed by atoms with E-state index in [0.29, 0.717) is 32.6 Å². The molecule has 4 nitrogen and oxygen atoms in total. The number of ether oxygens (including phenoxy) is 1. The molecule has 0 radical (unpaired) electrons. The van der Waals surface area contributed by atoms with Crippen LogP contribution in [0.15, 0.2) is 36.4 Å². The third kappa shape index (κ3) is 2.45. The van der Waals surface area contributed by atoms with Crippen LogP contribution in [0.5, 0.6) is 11.5 Å². The van der Waals surface area contributed by atoms with Gasteiger partial charge in [-0.3, -0.25) is 0 Å². The Labute approximate surface area is 122 Å². The maximum absolute atomic E-state index is 11.3. The van der Waals surface area contributed by atoms with Gasteiger partial charge in [-0.25, -0.2) is 0 Å². The molecule has 0 fully saturated rings. The van der Waals surface area contributed by atoms with Crippen LogP contribution in [0.4, 0.5) is 0 Å². The molecule has 0 unspecified atom stereocenters. The van der Waals surface area contributed by atoms with Crippen molar-refractivity contribution in [1.29, 1.82) is 0 Å². The van der Waals surface area contributed by atoms with Crippen molar-refractivity contribution in [2.75, 3.05) is 0 Å². The van der Waals surface area contributed by atoms with Crippen LogP contribution in [-0.4, -0.2) is 4.37 Å². The van der Waals surface area contributed by atoms with Crippen molar-refractivity contribution in [2.45, 2.75) is 0 Å². The summed E-state index contributed by atoms with van der Waals surface area (Å²) >= 11 is 12.7. The highest BCUT2D eigenvalue weighted by molar-refractivity contribution is 6.95. The molecule has 0 aliphatic carbocycles. The minimum absolute atomic E-state index is 0.421. The first-order valence-corrected chi connectivity index (χ1v) is 6.74. The molecule has 3 rings (SSSR count). The lowest BCUT2D eigenvalue weighted by atomic mass is 10.3. The Morgan fingerprint density at radius 3 is 2.79 bits per heavy atom. The van der Waals surface area contributed by atoms with Gasteiger partial charge in [0.1, 0.15) is 11.5 Å². The third-order valence-corrected chi connectivity index (χ3v) is 3.63. The number of nitrogens with zero attached hydrogens (tertiary/aromatic N) is 2. The zero-order chi connectivity index (χ0) is 13.4. The second kappa shape index (κ2) is 4.85. The SMILES string of the molecule is [O-][n+]1snc2cc(Oc3ccc(Cl)cc3Cl)ccc21. The van der Waals surface area contributed by atoms with Crippen molar-refractivity contribution in [3.63, 3.8) is 0 Å². The summed E-state index contributed by atoms with van der Waals surface area (Å²) in [6, 6.07) is 10.0. The van der Waals surface area contributed by atoms with Crippen LogP contribution >= 0.6 is 34.9 Å². The second-order valence-corrected chi connectivity index (χ2v) is 5.28. The van der Waals surface area contributed by atoms with Crippen molar-refractivity contribution in [2.24, 2.45) is 0 Å². The zero-order valence-corrected chi connectivity index (χ0v) is 11.7.